The molecule has 1 N–H and O–H groups in total. The Balaban J connectivity index is 1.39. The van der Waals surface area contributed by atoms with Crippen molar-refractivity contribution in [2.75, 3.05) is 37.7 Å². The van der Waals surface area contributed by atoms with Crippen molar-refractivity contribution in [2.45, 2.75) is 37.6 Å². The zero-order chi connectivity index (χ0) is 28.1. The molecule has 0 aliphatic carbocycles. The standard InChI is InChI=1S/C32H29F2N5O2/c1-2-22-25(33)9-8-20-16-21(40)17-23(26(20)22)28-27(34)29-24(18-35-28)30(38-12-4-3-5-13-38)37-31(36-29)41-19-32-10-6-14-39(32)15-7-11-32/h1,3-4,8-9,16-18,40H,5-7,10-15,19H2. The van der Waals surface area contributed by atoms with Crippen LogP contribution in [0.5, 0.6) is 11.8 Å². The molecule has 0 saturated carbocycles. The van der Waals surface area contributed by atoms with Crippen molar-refractivity contribution < 1.29 is 18.6 Å². The van der Waals surface area contributed by atoms with Gasteiger partial charge in [-0.05, 0) is 68.8 Å². The van der Waals surface area contributed by atoms with E-state index in [4.69, 9.17) is 16.1 Å². The molecule has 3 aliphatic heterocycles. The predicted octanol–water partition coefficient (Wildman–Crippen LogP) is 5.58. The lowest BCUT2D eigenvalue weighted by molar-refractivity contribution is 0.108. The number of aromatic hydroxyl groups is 1. The van der Waals surface area contributed by atoms with E-state index < -0.39 is 11.6 Å². The minimum Gasteiger partial charge on any atom is -0.508 e. The molecule has 2 fully saturated rings. The number of fused-ring (bicyclic) bond motifs is 3. The highest BCUT2D eigenvalue weighted by Crippen LogP contribution is 2.41. The van der Waals surface area contributed by atoms with Gasteiger partial charge in [0.1, 0.15) is 35.2 Å². The number of phenols is 1. The summed E-state index contributed by atoms with van der Waals surface area (Å²) in [6.45, 7) is 3.91. The Morgan fingerprint density at radius 2 is 1.90 bits per heavy atom. The van der Waals surface area contributed by atoms with Crippen molar-refractivity contribution in [3.63, 3.8) is 0 Å². The van der Waals surface area contributed by atoms with Crippen LogP contribution in [-0.2, 0) is 0 Å². The van der Waals surface area contributed by atoms with Crippen LogP contribution in [0.1, 0.15) is 37.7 Å². The number of anilines is 1. The highest BCUT2D eigenvalue weighted by atomic mass is 19.1. The molecule has 3 aliphatic rings. The number of aromatic nitrogens is 3. The molecule has 2 aromatic heterocycles. The van der Waals surface area contributed by atoms with Crippen molar-refractivity contribution in [1.29, 1.82) is 0 Å². The van der Waals surface area contributed by atoms with Gasteiger partial charge in [-0.3, -0.25) is 9.88 Å². The number of pyridine rings is 1. The van der Waals surface area contributed by atoms with Crippen LogP contribution in [0.4, 0.5) is 14.6 Å². The highest BCUT2D eigenvalue weighted by Gasteiger charge is 2.45. The lowest BCUT2D eigenvalue weighted by Gasteiger charge is -2.31. The van der Waals surface area contributed by atoms with Crippen molar-refractivity contribution in [1.82, 2.24) is 19.9 Å². The number of nitrogens with zero attached hydrogens (tertiary/aromatic N) is 5. The maximum atomic E-state index is 16.6. The minimum absolute atomic E-state index is 0.0233. The summed E-state index contributed by atoms with van der Waals surface area (Å²) in [5, 5.41) is 11.7. The number of terminal acetylenes is 1. The molecule has 4 aromatic rings. The van der Waals surface area contributed by atoms with Crippen molar-refractivity contribution >= 4 is 27.5 Å². The Labute approximate surface area is 236 Å². The molecule has 5 heterocycles. The predicted molar refractivity (Wildman–Crippen MR) is 154 cm³/mol. The number of hydrogen-bond donors (Lipinski definition) is 1. The van der Waals surface area contributed by atoms with E-state index in [9.17, 15) is 9.50 Å². The number of halogens is 2. The van der Waals surface area contributed by atoms with Gasteiger partial charge in [0.2, 0.25) is 0 Å². The highest BCUT2D eigenvalue weighted by molar-refractivity contribution is 6.03. The van der Waals surface area contributed by atoms with Crippen molar-refractivity contribution in [3.8, 4) is 35.4 Å². The van der Waals surface area contributed by atoms with Crippen LogP contribution in [-0.4, -0.2) is 63.3 Å². The van der Waals surface area contributed by atoms with E-state index in [1.807, 2.05) is 0 Å². The second-order valence-electron chi connectivity index (χ2n) is 11.1. The molecule has 0 spiro atoms. The molecule has 9 heteroatoms. The monoisotopic (exact) mass is 553 g/mol. The van der Waals surface area contributed by atoms with E-state index in [-0.39, 0.29) is 39.6 Å². The Bertz CT molecular complexity index is 1760. The minimum atomic E-state index is -0.718. The summed E-state index contributed by atoms with van der Waals surface area (Å²) < 4.78 is 37.5. The molecule has 7 nitrogen and oxygen atoms in total. The van der Waals surface area contributed by atoms with Gasteiger partial charge in [0, 0.05) is 30.2 Å². The molecule has 2 aromatic carbocycles. The zero-order valence-corrected chi connectivity index (χ0v) is 22.5. The van der Waals surface area contributed by atoms with E-state index in [1.165, 1.54) is 30.5 Å². The second-order valence-corrected chi connectivity index (χ2v) is 11.1. The van der Waals surface area contributed by atoms with Crippen LogP contribution < -0.4 is 9.64 Å². The molecule has 0 bridgehead atoms. The number of rotatable bonds is 5. The smallest absolute Gasteiger partial charge is 0.319 e. The van der Waals surface area contributed by atoms with Gasteiger partial charge in [-0.1, -0.05) is 24.1 Å². The SMILES string of the molecule is C#Cc1c(F)ccc2cc(O)cc(-c3ncc4c(N5CC=CCC5)nc(OCC56CCCN5CCC6)nc4c3F)c12. The average molecular weight is 554 g/mol. The fourth-order valence-corrected chi connectivity index (χ4v) is 6.76. The van der Waals surface area contributed by atoms with E-state index in [2.05, 4.69) is 37.8 Å². The molecule has 0 amide bonds. The van der Waals surface area contributed by atoms with Gasteiger partial charge in [0.05, 0.1) is 16.5 Å². The van der Waals surface area contributed by atoms with Gasteiger partial charge >= 0.3 is 6.01 Å². The third-order valence-electron chi connectivity index (χ3n) is 8.73. The first-order valence-electron chi connectivity index (χ1n) is 14.0. The summed E-state index contributed by atoms with van der Waals surface area (Å²) in [5.74, 6) is 1.48. The molecule has 0 radical (unpaired) electrons. The van der Waals surface area contributed by atoms with Gasteiger partial charge in [-0.25, -0.2) is 8.78 Å². The first-order valence-corrected chi connectivity index (χ1v) is 14.0. The molecule has 208 valence electrons. The van der Waals surface area contributed by atoms with E-state index >= 15 is 4.39 Å². The maximum Gasteiger partial charge on any atom is 0.319 e. The van der Waals surface area contributed by atoms with Gasteiger partial charge in [-0.2, -0.15) is 9.97 Å². The summed E-state index contributed by atoms with van der Waals surface area (Å²) in [7, 11) is 0. The largest absolute Gasteiger partial charge is 0.508 e. The fourth-order valence-electron chi connectivity index (χ4n) is 6.76. The van der Waals surface area contributed by atoms with E-state index in [0.717, 1.165) is 45.2 Å². The topological polar surface area (TPSA) is 74.6 Å². The molecular formula is C32H29F2N5O2. The van der Waals surface area contributed by atoms with Gasteiger partial charge in [-0.15, -0.1) is 6.42 Å². The van der Waals surface area contributed by atoms with Crippen LogP contribution in [0.2, 0.25) is 0 Å². The van der Waals surface area contributed by atoms with E-state index in [1.54, 1.807) is 0 Å². The Morgan fingerprint density at radius 1 is 1.07 bits per heavy atom. The van der Waals surface area contributed by atoms with Gasteiger partial charge in [0.15, 0.2) is 5.82 Å². The van der Waals surface area contributed by atoms with Crippen molar-refractivity contribution in [3.05, 3.63) is 59.8 Å². The third-order valence-corrected chi connectivity index (χ3v) is 8.73. The van der Waals surface area contributed by atoms with Gasteiger partial charge in [0.25, 0.3) is 0 Å². The van der Waals surface area contributed by atoms with Crippen LogP contribution in [0.25, 0.3) is 32.9 Å². The summed E-state index contributed by atoms with van der Waals surface area (Å²) in [6, 6.07) is 5.66. The van der Waals surface area contributed by atoms with Crippen LogP contribution in [0.15, 0.2) is 42.6 Å². The average Bonchev–Trinajstić information content (AvgIpc) is 3.57. The van der Waals surface area contributed by atoms with E-state index in [0.29, 0.717) is 41.7 Å². The number of ether oxygens (including phenoxy) is 1. The molecule has 7 rings (SSSR count). The molecule has 2 saturated heterocycles. The lowest BCUT2D eigenvalue weighted by atomic mass is 9.95. The van der Waals surface area contributed by atoms with Crippen LogP contribution in [0, 0.1) is 24.0 Å². The quantitative estimate of drug-likeness (QED) is 0.255. The second kappa shape index (κ2) is 9.96. The number of phenolic OH excluding ortho intramolecular Hbond substituents is 1. The Hall–Kier alpha value is -4.29. The maximum absolute atomic E-state index is 16.6. The number of benzene rings is 2. The zero-order valence-electron chi connectivity index (χ0n) is 22.5. The molecular weight excluding hydrogens is 524 g/mol. The summed E-state index contributed by atoms with van der Waals surface area (Å²) in [6.07, 6.45) is 16.6. The fraction of sp³-hybridized carbons (Fsp3) is 0.344. The van der Waals surface area contributed by atoms with Crippen LogP contribution >= 0.6 is 0 Å². The molecule has 0 atom stereocenters. The summed E-state index contributed by atoms with van der Waals surface area (Å²) >= 11 is 0. The Morgan fingerprint density at radius 3 is 2.66 bits per heavy atom. The first-order chi connectivity index (χ1) is 20.0. The lowest BCUT2D eigenvalue weighted by Crippen LogP contribution is -2.43. The van der Waals surface area contributed by atoms with Crippen molar-refractivity contribution in [2.24, 2.45) is 0 Å². The normalized spacial score (nSPS) is 18.2. The third kappa shape index (κ3) is 4.25. The molecule has 41 heavy (non-hydrogen) atoms. The first kappa shape index (κ1) is 25.7. The summed E-state index contributed by atoms with van der Waals surface area (Å²) in [4.78, 5) is 18.3. The van der Waals surface area contributed by atoms with Crippen LogP contribution in [0.3, 0.4) is 0 Å². The Kier molecular flexibility index (Phi) is 6.24. The summed E-state index contributed by atoms with van der Waals surface area (Å²) in [5.41, 5.74) is 0.0905. The van der Waals surface area contributed by atoms with Gasteiger partial charge < -0.3 is 14.7 Å². The molecule has 0 unspecified atom stereocenters. The number of hydrogen-bond acceptors (Lipinski definition) is 7.